The Kier molecular flexibility index (Phi) is 3.03. The van der Waals surface area contributed by atoms with E-state index >= 15 is 0 Å². The van der Waals surface area contributed by atoms with Crippen molar-refractivity contribution in [1.82, 2.24) is 19.8 Å². The van der Waals surface area contributed by atoms with Crippen LogP contribution in [0.25, 0.3) is 5.65 Å². The highest BCUT2D eigenvalue weighted by atomic mass is 16.6. The molecule has 7 nitrogen and oxygen atoms in total. The normalized spacial score (nSPS) is 13.3. The third-order valence-electron chi connectivity index (χ3n) is 3.53. The van der Waals surface area contributed by atoms with E-state index in [-0.39, 0.29) is 0 Å². The standard InChI is InChI=1S/C15H15N5O2/c1-10-17-18-14-6-5-13(19-20(10)14)16-9-11-3-2-4-12-15(11)22-8-7-21-12/h2-6H,7-9H2,1H3,(H,16,19). The smallest absolute Gasteiger partial charge is 0.178 e. The monoisotopic (exact) mass is 297 g/mol. The van der Waals surface area contributed by atoms with Gasteiger partial charge in [-0.2, -0.15) is 4.52 Å². The van der Waals surface area contributed by atoms with Crippen molar-refractivity contribution < 1.29 is 9.47 Å². The molecule has 0 unspecified atom stereocenters. The Labute approximate surface area is 126 Å². The van der Waals surface area contributed by atoms with Gasteiger partial charge in [0.1, 0.15) is 19.0 Å². The van der Waals surface area contributed by atoms with Gasteiger partial charge >= 0.3 is 0 Å². The number of ether oxygens (including phenoxy) is 2. The second-order valence-corrected chi connectivity index (χ2v) is 5.03. The lowest BCUT2D eigenvalue weighted by Gasteiger charge is -2.21. The molecule has 7 heteroatoms. The predicted molar refractivity (Wildman–Crippen MR) is 80.3 cm³/mol. The molecule has 3 heterocycles. The number of nitrogens with one attached hydrogen (secondary N) is 1. The Balaban J connectivity index is 1.58. The first-order valence-corrected chi connectivity index (χ1v) is 7.12. The maximum atomic E-state index is 5.71. The molecule has 0 radical (unpaired) electrons. The summed E-state index contributed by atoms with van der Waals surface area (Å²) in [5.41, 5.74) is 1.77. The van der Waals surface area contributed by atoms with E-state index in [1.54, 1.807) is 4.52 Å². The Morgan fingerprint density at radius 1 is 1.14 bits per heavy atom. The Bertz CT molecular complexity index is 830. The van der Waals surface area contributed by atoms with Crippen LogP contribution in [0.1, 0.15) is 11.4 Å². The zero-order chi connectivity index (χ0) is 14.9. The summed E-state index contributed by atoms with van der Waals surface area (Å²) in [5, 5.41) is 15.8. The molecule has 1 N–H and O–H groups in total. The highest BCUT2D eigenvalue weighted by Crippen LogP contribution is 2.33. The Hall–Kier alpha value is -2.83. The number of rotatable bonds is 3. The van der Waals surface area contributed by atoms with Crippen molar-refractivity contribution in [3.8, 4) is 11.5 Å². The van der Waals surface area contributed by atoms with Crippen molar-refractivity contribution >= 4 is 11.5 Å². The zero-order valence-corrected chi connectivity index (χ0v) is 12.1. The molecule has 0 spiro atoms. The van der Waals surface area contributed by atoms with Gasteiger partial charge in [-0.25, -0.2) is 0 Å². The maximum Gasteiger partial charge on any atom is 0.178 e. The van der Waals surface area contributed by atoms with E-state index in [0.717, 1.165) is 34.4 Å². The van der Waals surface area contributed by atoms with Gasteiger partial charge in [-0.05, 0) is 25.1 Å². The van der Waals surface area contributed by atoms with Crippen LogP contribution in [-0.2, 0) is 6.54 Å². The maximum absolute atomic E-state index is 5.71. The van der Waals surface area contributed by atoms with E-state index < -0.39 is 0 Å². The van der Waals surface area contributed by atoms with Crippen molar-refractivity contribution in [2.45, 2.75) is 13.5 Å². The number of fused-ring (bicyclic) bond motifs is 2. The van der Waals surface area contributed by atoms with Crippen molar-refractivity contribution in [2.75, 3.05) is 18.5 Å². The molecule has 0 bridgehead atoms. The molecule has 0 atom stereocenters. The number of aromatic nitrogens is 4. The average molecular weight is 297 g/mol. The highest BCUT2D eigenvalue weighted by Gasteiger charge is 2.15. The van der Waals surface area contributed by atoms with Gasteiger partial charge in [0.15, 0.2) is 23.0 Å². The first-order valence-electron chi connectivity index (χ1n) is 7.12. The number of hydrogen-bond donors (Lipinski definition) is 1. The van der Waals surface area contributed by atoms with Crippen LogP contribution in [0.3, 0.4) is 0 Å². The second-order valence-electron chi connectivity index (χ2n) is 5.03. The minimum absolute atomic E-state index is 0.578. The molecule has 1 aromatic carbocycles. The van der Waals surface area contributed by atoms with E-state index in [2.05, 4.69) is 20.6 Å². The molecule has 0 fully saturated rings. The second kappa shape index (κ2) is 5.18. The number of hydrogen-bond acceptors (Lipinski definition) is 6. The molecule has 1 aliphatic rings. The fourth-order valence-electron chi connectivity index (χ4n) is 2.45. The van der Waals surface area contributed by atoms with E-state index in [4.69, 9.17) is 9.47 Å². The molecule has 2 aromatic heterocycles. The van der Waals surface area contributed by atoms with Gasteiger partial charge < -0.3 is 14.8 Å². The molecular weight excluding hydrogens is 282 g/mol. The number of aryl methyl sites for hydroxylation is 1. The first kappa shape index (κ1) is 12.9. The predicted octanol–water partition coefficient (Wildman–Crippen LogP) is 1.82. The van der Waals surface area contributed by atoms with Crippen LogP contribution in [0, 0.1) is 6.92 Å². The SMILES string of the molecule is Cc1nnc2ccc(NCc3cccc4c3OCCO4)nn12. The van der Waals surface area contributed by atoms with Crippen LogP contribution in [0.4, 0.5) is 5.82 Å². The van der Waals surface area contributed by atoms with Crippen LogP contribution in [0.15, 0.2) is 30.3 Å². The highest BCUT2D eigenvalue weighted by molar-refractivity contribution is 5.50. The summed E-state index contributed by atoms with van der Waals surface area (Å²) in [5.74, 6) is 3.11. The zero-order valence-electron chi connectivity index (χ0n) is 12.1. The van der Waals surface area contributed by atoms with E-state index in [0.29, 0.717) is 19.8 Å². The van der Waals surface area contributed by atoms with Crippen molar-refractivity contribution in [1.29, 1.82) is 0 Å². The summed E-state index contributed by atoms with van der Waals surface area (Å²) in [7, 11) is 0. The first-order chi connectivity index (χ1) is 10.8. The number of anilines is 1. The molecule has 0 amide bonds. The topological polar surface area (TPSA) is 73.6 Å². The Morgan fingerprint density at radius 2 is 2.05 bits per heavy atom. The molecule has 112 valence electrons. The van der Waals surface area contributed by atoms with Gasteiger partial charge in [-0.1, -0.05) is 12.1 Å². The largest absolute Gasteiger partial charge is 0.486 e. The molecule has 0 aliphatic carbocycles. The fraction of sp³-hybridized carbons (Fsp3) is 0.267. The third-order valence-corrected chi connectivity index (χ3v) is 3.53. The van der Waals surface area contributed by atoms with Gasteiger partial charge in [0, 0.05) is 12.1 Å². The van der Waals surface area contributed by atoms with Gasteiger partial charge in [-0.3, -0.25) is 0 Å². The summed E-state index contributed by atoms with van der Waals surface area (Å²) in [6.45, 7) is 3.64. The van der Waals surface area contributed by atoms with E-state index in [1.165, 1.54) is 0 Å². The summed E-state index contributed by atoms with van der Waals surface area (Å²) in [6.07, 6.45) is 0. The summed E-state index contributed by atoms with van der Waals surface area (Å²) < 4.78 is 13.0. The van der Waals surface area contributed by atoms with Crippen molar-refractivity contribution in [3.05, 3.63) is 41.7 Å². The summed E-state index contributed by atoms with van der Waals surface area (Å²) >= 11 is 0. The van der Waals surface area contributed by atoms with Crippen LogP contribution < -0.4 is 14.8 Å². The van der Waals surface area contributed by atoms with Crippen LogP contribution in [0.2, 0.25) is 0 Å². The molecule has 4 rings (SSSR count). The van der Waals surface area contributed by atoms with E-state index in [9.17, 15) is 0 Å². The third kappa shape index (κ3) is 2.20. The van der Waals surface area contributed by atoms with Gasteiger partial charge in [0.05, 0.1) is 0 Å². The molecular formula is C15H15N5O2. The molecule has 3 aromatic rings. The molecule has 0 saturated carbocycles. The van der Waals surface area contributed by atoms with Gasteiger partial charge in [0.25, 0.3) is 0 Å². The van der Waals surface area contributed by atoms with Crippen LogP contribution >= 0.6 is 0 Å². The number of benzene rings is 1. The lowest BCUT2D eigenvalue weighted by atomic mass is 10.1. The van der Waals surface area contributed by atoms with E-state index in [1.807, 2.05) is 37.3 Å². The Morgan fingerprint density at radius 3 is 3.00 bits per heavy atom. The van der Waals surface area contributed by atoms with Crippen molar-refractivity contribution in [2.24, 2.45) is 0 Å². The van der Waals surface area contributed by atoms with Gasteiger partial charge in [-0.15, -0.1) is 15.3 Å². The van der Waals surface area contributed by atoms with Gasteiger partial charge in [0.2, 0.25) is 0 Å². The summed E-state index contributed by atoms with van der Waals surface area (Å²) in [6, 6.07) is 9.67. The minimum atomic E-state index is 0.578. The van der Waals surface area contributed by atoms with Crippen LogP contribution in [0.5, 0.6) is 11.5 Å². The summed E-state index contributed by atoms with van der Waals surface area (Å²) in [4.78, 5) is 0. The lowest BCUT2D eigenvalue weighted by molar-refractivity contribution is 0.170. The quantitative estimate of drug-likeness (QED) is 0.795. The molecule has 22 heavy (non-hydrogen) atoms. The average Bonchev–Trinajstić information content (AvgIpc) is 2.94. The lowest BCUT2D eigenvalue weighted by Crippen LogP contribution is -2.17. The minimum Gasteiger partial charge on any atom is -0.486 e. The molecule has 0 saturated heterocycles. The van der Waals surface area contributed by atoms with Crippen LogP contribution in [-0.4, -0.2) is 33.0 Å². The fourth-order valence-corrected chi connectivity index (χ4v) is 2.45. The number of para-hydroxylation sites is 1. The van der Waals surface area contributed by atoms with Crippen molar-refractivity contribution in [3.63, 3.8) is 0 Å². The number of nitrogens with zero attached hydrogens (tertiary/aromatic N) is 4. The molecule has 1 aliphatic heterocycles.